The maximum atomic E-state index is 5.51. The molecule has 1 aromatic rings. The minimum absolute atomic E-state index is 0.544. The van der Waals surface area contributed by atoms with E-state index in [1.165, 1.54) is 6.42 Å². The predicted molar refractivity (Wildman–Crippen MR) is 40.9 cm³/mol. The number of nitrogens with zero attached hydrogens (tertiary/aromatic N) is 1. The van der Waals surface area contributed by atoms with Crippen molar-refractivity contribution in [3.8, 4) is 0 Å². The molecule has 1 fully saturated rings. The largest absolute Gasteiger partial charge is 0.361 e. The molecule has 2 atom stereocenters. The van der Waals surface area contributed by atoms with Crippen LogP contribution >= 0.6 is 0 Å². The molecular weight excluding hydrogens is 140 g/mol. The molecule has 3 heteroatoms. The third kappa shape index (κ3) is 1.05. The summed E-state index contributed by atoms with van der Waals surface area (Å²) < 4.78 is 5.12. The van der Waals surface area contributed by atoms with Crippen LogP contribution in [0.15, 0.2) is 10.7 Å². The Morgan fingerprint density at radius 2 is 2.55 bits per heavy atom. The molecule has 60 valence electrons. The Labute approximate surface area is 65.6 Å². The van der Waals surface area contributed by atoms with Crippen LogP contribution in [0.1, 0.15) is 30.6 Å². The summed E-state index contributed by atoms with van der Waals surface area (Å²) in [7, 11) is 0. The van der Waals surface area contributed by atoms with Crippen molar-refractivity contribution in [2.75, 3.05) is 0 Å². The molecule has 11 heavy (non-hydrogen) atoms. The molecule has 1 aliphatic carbocycles. The van der Waals surface area contributed by atoms with E-state index in [9.17, 15) is 0 Å². The van der Waals surface area contributed by atoms with Gasteiger partial charge in [0.15, 0.2) is 0 Å². The van der Waals surface area contributed by atoms with Crippen LogP contribution in [0.5, 0.6) is 0 Å². The molecular formula is C8H12N2O. The standard InChI is InChI=1S/C8H12N2O/c1-5-2-7(5)8-6(3-9)4-10-11-8/h4-5,7H,2-3,9H2,1H3. The predicted octanol–water partition coefficient (Wildman–Crippen LogP) is 1.26. The second-order valence-electron chi connectivity index (χ2n) is 3.24. The second-order valence-corrected chi connectivity index (χ2v) is 3.24. The van der Waals surface area contributed by atoms with Crippen LogP contribution in [0.25, 0.3) is 0 Å². The smallest absolute Gasteiger partial charge is 0.144 e. The number of aromatic nitrogens is 1. The van der Waals surface area contributed by atoms with Gasteiger partial charge in [0.1, 0.15) is 5.76 Å². The van der Waals surface area contributed by atoms with Gasteiger partial charge in [-0.15, -0.1) is 0 Å². The molecule has 2 rings (SSSR count). The molecule has 3 nitrogen and oxygen atoms in total. The molecule has 0 amide bonds. The van der Waals surface area contributed by atoms with Gasteiger partial charge < -0.3 is 10.3 Å². The van der Waals surface area contributed by atoms with Crippen molar-refractivity contribution < 1.29 is 4.52 Å². The Morgan fingerprint density at radius 3 is 3.09 bits per heavy atom. The Morgan fingerprint density at radius 1 is 1.82 bits per heavy atom. The average molecular weight is 152 g/mol. The molecule has 1 aliphatic rings. The van der Waals surface area contributed by atoms with Gasteiger partial charge in [0.25, 0.3) is 0 Å². The van der Waals surface area contributed by atoms with E-state index in [1.807, 2.05) is 0 Å². The Bertz CT molecular complexity index is 256. The first-order chi connectivity index (χ1) is 5.33. The molecule has 1 saturated carbocycles. The first-order valence-electron chi connectivity index (χ1n) is 3.96. The lowest BCUT2D eigenvalue weighted by Crippen LogP contribution is -1.97. The Balaban J connectivity index is 2.23. The van der Waals surface area contributed by atoms with Gasteiger partial charge in [0, 0.05) is 18.0 Å². The lowest BCUT2D eigenvalue weighted by Gasteiger charge is -1.93. The zero-order chi connectivity index (χ0) is 7.84. The average Bonchev–Trinajstić information content (AvgIpc) is 2.58. The molecule has 1 heterocycles. The van der Waals surface area contributed by atoms with Crippen LogP contribution in [0.4, 0.5) is 0 Å². The van der Waals surface area contributed by atoms with Gasteiger partial charge in [-0.05, 0) is 12.3 Å². The SMILES string of the molecule is CC1CC1c1oncc1CN. The zero-order valence-corrected chi connectivity index (χ0v) is 6.58. The van der Waals surface area contributed by atoms with E-state index >= 15 is 0 Å². The highest BCUT2D eigenvalue weighted by atomic mass is 16.5. The van der Waals surface area contributed by atoms with Gasteiger partial charge in [-0.3, -0.25) is 0 Å². The monoisotopic (exact) mass is 152 g/mol. The highest BCUT2D eigenvalue weighted by molar-refractivity contribution is 5.22. The summed E-state index contributed by atoms with van der Waals surface area (Å²) in [5.74, 6) is 2.37. The summed E-state index contributed by atoms with van der Waals surface area (Å²) in [5.41, 5.74) is 6.57. The molecule has 0 spiro atoms. The quantitative estimate of drug-likeness (QED) is 0.694. The third-order valence-electron chi connectivity index (χ3n) is 2.34. The molecule has 2 unspecified atom stereocenters. The summed E-state index contributed by atoms with van der Waals surface area (Å²) in [6.07, 6.45) is 2.95. The summed E-state index contributed by atoms with van der Waals surface area (Å²) in [5, 5.41) is 3.73. The van der Waals surface area contributed by atoms with E-state index in [4.69, 9.17) is 10.3 Å². The minimum Gasteiger partial charge on any atom is -0.361 e. The number of hydrogen-bond acceptors (Lipinski definition) is 3. The molecule has 0 bridgehead atoms. The summed E-state index contributed by atoms with van der Waals surface area (Å²) >= 11 is 0. The molecule has 0 aliphatic heterocycles. The lowest BCUT2D eigenvalue weighted by molar-refractivity contribution is 0.379. The normalized spacial score (nSPS) is 28.9. The van der Waals surface area contributed by atoms with Crippen molar-refractivity contribution >= 4 is 0 Å². The van der Waals surface area contributed by atoms with Crippen molar-refractivity contribution in [2.24, 2.45) is 11.7 Å². The summed E-state index contributed by atoms with van der Waals surface area (Å²) in [6, 6.07) is 0. The second kappa shape index (κ2) is 2.34. The van der Waals surface area contributed by atoms with Crippen molar-refractivity contribution in [2.45, 2.75) is 25.8 Å². The van der Waals surface area contributed by atoms with E-state index in [2.05, 4.69) is 12.1 Å². The van der Waals surface area contributed by atoms with Crippen LogP contribution in [-0.2, 0) is 6.54 Å². The number of nitrogens with two attached hydrogens (primary N) is 1. The van der Waals surface area contributed by atoms with Crippen LogP contribution in [0.3, 0.4) is 0 Å². The van der Waals surface area contributed by atoms with Crippen molar-refractivity contribution in [1.29, 1.82) is 0 Å². The fourth-order valence-corrected chi connectivity index (χ4v) is 1.42. The van der Waals surface area contributed by atoms with Gasteiger partial charge in [0.05, 0.1) is 6.20 Å². The maximum Gasteiger partial charge on any atom is 0.144 e. The van der Waals surface area contributed by atoms with Gasteiger partial charge in [0.2, 0.25) is 0 Å². The van der Waals surface area contributed by atoms with Crippen LogP contribution < -0.4 is 5.73 Å². The molecule has 1 aromatic heterocycles. The summed E-state index contributed by atoms with van der Waals surface area (Å²) in [4.78, 5) is 0. The first kappa shape index (κ1) is 6.85. The van der Waals surface area contributed by atoms with E-state index in [0.29, 0.717) is 12.5 Å². The fraction of sp³-hybridized carbons (Fsp3) is 0.625. The first-order valence-corrected chi connectivity index (χ1v) is 3.96. The van der Waals surface area contributed by atoms with E-state index in [-0.39, 0.29) is 0 Å². The van der Waals surface area contributed by atoms with Crippen molar-refractivity contribution in [3.63, 3.8) is 0 Å². The van der Waals surface area contributed by atoms with E-state index < -0.39 is 0 Å². The van der Waals surface area contributed by atoms with Crippen molar-refractivity contribution in [3.05, 3.63) is 17.5 Å². The highest BCUT2D eigenvalue weighted by Crippen LogP contribution is 2.47. The fourth-order valence-electron chi connectivity index (χ4n) is 1.42. The summed E-state index contributed by atoms with van der Waals surface area (Å²) in [6.45, 7) is 2.76. The van der Waals surface area contributed by atoms with Crippen LogP contribution in [0, 0.1) is 5.92 Å². The Hall–Kier alpha value is -0.830. The maximum absolute atomic E-state index is 5.51. The Kier molecular flexibility index (Phi) is 1.46. The molecule has 0 aromatic carbocycles. The highest BCUT2D eigenvalue weighted by Gasteiger charge is 2.38. The van der Waals surface area contributed by atoms with Gasteiger partial charge in [-0.25, -0.2) is 0 Å². The molecule has 0 saturated heterocycles. The zero-order valence-electron chi connectivity index (χ0n) is 6.58. The van der Waals surface area contributed by atoms with Gasteiger partial charge in [-0.2, -0.15) is 0 Å². The molecule has 2 N–H and O–H groups in total. The lowest BCUT2D eigenvalue weighted by atomic mass is 10.2. The van der Waals surface area contributed by atoms with Gasteiger partial charge in [-0.1, -0.05) is 12.1 Å². The minimum atomic E-state index is 0.544. The number of rotatable bonds is 2. The number of hydrogen-bond donors (Lipinski definition) is 1. The van der Waals surface area contributed by atoms with Crippen LogP contribution in [-0.4, -0.2) is 5.16 Å². The topological polar surface area (TPSA) is 52.0 Å². The van der Waals surface area contributed by atoms with E-state index in [0.717, 1.165) is 17.2 Å². The third-order valence-corrected chi connectivity index (χ3v) is 2.34. The molecule has 0 radical (unpaired) electrons. The van der Waals surface area contributed by atoms with E-state index in [1.54, 1.807) is 6.20 Å². The van der Waals surface area contributed by atoms with Crippen LogP contribution in [0.2, 0.25) is 0 Å². The van der Waals surface area contributed by atoms with Gasteiger partial charge >= 0.3 is 0 Å². The van der Waals surface area contributed by atoms with Crippen molar-refractivity contribution in [1.82, 2.24) is 5.16 Å².